The Bertz CT molecular complexity index is 850. The third-order valence-electron chi connectivity index (χ3n) is 5.38. The SMILES string of the molecule is Cc1cc(C(=O)N2CCCC23CCCNC3=O)cc(S(N)(=O)=O)c1C. The van der Waals surface area contributed by atoms with Gasteiger partial charge in [-0.1, -0.05) is 0 Å². The average molecular weight is 365 g/mol. The molecule has 0 aromatic heterocycles. The average Bonchev–Trinajstić information content (AvgIpc) is 2.95. The molecule has 2 aliphatic heterocycles. The molecule has 0 aliphatic carbocycles. The van der Waals surface area contributed by atoms with Crippen molar-refractivity contribution >= 4 is 21.8 Å². The van der Waals surface area contributed by atoms with Crippen molar-refractivity contribution in [2.24, 2.45) is 5.14 Å². The number of rotatable bonds is 2. The Morgan fingerprint density at radius 3 is 2.56 bits per heavy atom. The fourth-order valence-electron chi connectivity index (χ4n) is 3.93. The summed E-state index contributed by atoms with van der Waals surface area (Å²) in [5.41, 5.74) is 0.657. The van der Waals surface area contributed by atoms with Crippen LogP contribution in [-0.2, 0) is 14.8 Å². The molecule has 2 saturated heterocycles. The predicted molar refractivity (Wildman–Crippen MR) is 92.5 cm³/mol. The molecule has 3 N–H and O–H groups in total. The Balaban J connectivity index is 2.04. The number of nitrogens with two attached hydrogens (primary N) is 1. The number of primary sulfonamides is 1. The smallest absolute Gasteiger partial charge is 0.254 e. The van der Waals surface area contributed by atoms with Gasteiger partial charge in [0.1, 0.15) is 5.54 Å². The summed E-state index contributed by atoms with van der Waals surface area (Å²) in [6.07, 6.45) is 2.85. The Hall–Kier alpha value is -1.93. The maximum absolute atomic E-state index is 13.1. The summed E-state index contributed by atoms with van der Waals surface area (Å²) < 4.78 is 23.7. The molecular weight excluding hydrogens is 342 g/mol. The molecule has 1 atom stereocenters. The zero-order chi connectivity index (χ0) is 18.4. The van der Waals surface area contributed by atoms with Gasteiger partial charge in [0.15, 0.2) is 0 Å². The highest BCUT2D eigenvalue weighted by Crippen LogP contribution is 2.37. The van der Waals surface area contributed by atoms with Crippen LogP contribution in [0.3, 0.4) is 0 Å². The summed E-state index contributed by atoms with van der Waals surface area (Å²) in [6, 6.07) is 2.99. The van der Waals surface area contributed by atoms with Crippen molar-refractivity contribution in [2.45, 2.75) is 50.0 Å². The number of nitrogens with zero attached hydrogens (tertiary/aromatic N) is 1. The van der Waals surface area contributed by atoms with E-state index in [-0.39, 0.29) is 22.3 Å². The quantitative estimate of drug-likeness (QED) is 0.809. The van der Waals surface area contributed by atoms with E-state index in [1.807, 2.05) is 0 Å². The summed E-state index contributed by atoms with van der Waals surface area (Å²) in [5, 5.41) is 8.15. The second-order valence-corrected chi connectivity index (χ2v) is 8.44. The second-order valence-electron chi connectivity index (χ2n) is 6.91. The number of carbonyl (C=O) groups is 2. The highest BCUT2D eigenvalue weighted by atomic mass is 32.2. The van der Waals surface area contributed by atoms with E-state index in [1.54, 1.807) is 24.8 Å². The van der Waals surface area contributed by atoms with Crippen LogP contribution in [0.1, 0.15) is 47.2 Å². The van der Waals surface area contributed by atoms with Gasteiger partial charge in [0, 0.05) is 18.7 Å². The van der Waals surface area contributed by atoms with Gasteiger partial charge in [0.05, 0.1) is 4.90 Å². The molecule has 0 radical (unpaired) electrons. The van der Waals surface area contributed by atoms with E-state index >= 15 is 0 Å². The molecule has 8 heteroatoms. The van der Waals surface area contributed by atoms with Crippen LogP contribution in [0.4, 0.5) is 0 Å². The highest BCUT2D eigenvalue weighted by molar-refractivity contribution is 7.89. The fraction of sp³-hybridized carbons (Fsp3) is 0.529. The number of hydrogen-bond donors (Lipinski definition) is 2. The van der Waals surface area contributed by atoms with Gasteiger partial charge in [0.25, 0.3) is 5.91 Å². The van der Waals surface area contributed by atoms with Crippen LogP contribution in [0, 0.1) is 13.8 Å². The number of nitrogens with one attached hydrogen (secondary N) is 1. The molecule has 2 fully saturated rings. The summed E-state index contributed by atoms with van der Waals surface area (Å²) in [7, 11) is -3.93. The van der Waals surface area contributed by atoms with Gasteiger partial charge >= 0.3 is 0 Å². The van der Waals surface area contributed by atoms with Crippen molar-refractivity contribution in [3.8, 4) is 0 Å². The van der Waals surface area contributed by atoms with E-state index in [1.165, 1.54) is 6.07 Å². The molecule has 1 unspecified atom stereocenters. The molecule has 3 rings (SSSR count). The normalized spacial score (nSPS) is 23.8. The van der Waals surface area contributed by atoms with E-state index in [9.17, 15) is 18.0 Å². The Morgan fingerprint density at radius 2 is 1.92 bits per heavy atom. The van der Waals surface area contributed by atoms with Crippen molar-refractivity contribution in [1.29, 1.82) is 0 Å². The molecule has 1 spiro atoms. The summed E-state index contributed by atoms with van der Waals surface area (Å²) in [5.74, 6) is -0.428. The van der Waals surface area contributed by atoms with Gasteiger partial charge in [-0.05, 0) is 62.8 Å². The topological polar surface area (TPSA) is 110 Å². The molecule has 1 aromatic carbocycles. The maximum Gasteiger partial charge on any atom is 0.254 e. The van der Waals surface area contributed by atoms with Crippen LogP contribution in [0.5, 0.6) is 0 Å². The van der Waals surface area contributed by atoms with E-state index < -0.39 is 15.6 Å². The minimum absolute atomic E-state index is 0.0443. The van der Waals surface area contributed by atoms with Crippen LogP contribution in [0.15, 0.2) is 17.0 Å². The van der Waals surface area contributed by atoms with Crippen LogP contribution in [0.2, 0.25) is 0 Å². The van der Waals surface area contributed by atoms with Crippen LogP contribution >= 0.6 is 0 Å². The molecule has 25 heavy (non-hydrogen) atoms. The van der Waals surface area contributed by atoms with Crippen molar-refractivity contribution in [3.63, 3.8) is 0 Å². The van der Waals surface area contributed by atoms with Crippen LogP contribution in [0.25, 0.3) is 0 Å². The summed E-state index contributed by atoms with van der Waals surface area (Å²) in [4.78, 5) is 27.2. The van der Waals surface area contributed by atoms with E-state index in [0.717, 1.165) is 12.8 Å². The maximum atomic E-state index is 13.1. The Labute approximate surface area is 147 Å². The largest absolute Gasteiger partial charge is 0.354 e. The minimum atomic E-state index is -3.93. The number of sulfonamides is 1. The minimum Gasteiger partial charge on any atom is -0.354 e. The van der Waals surface area contributed by atoms with Crippen LogP contribution in [-0.4, -0.2) is 43.8 Å². The van der Waals surface area contributed by atoms with Crippen molar-refractivity contribution < 1.29 is 18.0 Å². The molecule has 136 valence electrons. The lowest BCUT2D eigenvalue weighted by molar-refractivity contribution is -0.133. The highest BCUT2D eigenvalue weighted by Gasteiger charge is 2.50. The zero-order valence-corrected chi connectivity index (χ0v) is 15.3. The number of aryl methyl sites for hydroxylation is 1. The molecular formula is C17H23N3O4S. The van der Waals surface area contributed by atoms with Gasteiger partial charge in [-0.2, -0.15) is 0 Å². The number of benzene rings is 1. The lowest BCUT2D eigenvalue weighted by atomic mass is 9.86. The van der Waals surface area contributed by atoms with Gasteiger partial charge in [0.2, 0.25) is 15.9 Å². The third kappa shape index (κ3) is 2.93. The number of piperidine rings is 1. The number of likely N-dealkylation sites (tertiary alicyclic amines) is 1. The molecule has 7 nitrogen and oxygen atoms in total. The molecule has 2 heterocycles. The van der Waals surface area contributed by atoms with Gasteiger partial charge in [-0.25, -0.2) is 13.6 Å². The number of hydrogen-bond acceptors (Lipinski definition) is 4. The van der Waals surface area contributed by atoms with E-state index in [2.05, 4.69) is 5.32 Å². The Morgan fingerprint density at radius 1 is 1.24 bits per heavy atom. The number of carbonyl (C=O) groups excluding carboxylic acids is 2. The molecule has 2 amide bonds. The fourth-order valence-corrected chi connectivity index (χ4v) is 4.81. The first-order chi connectivity index (χ1) is 11.7. The van der Waals surface area contributed by atoms with E-state index in [0.29, 0.717) is 37.1 Å². The Kier molecular flexibility index (Phi) is 4.36. The molecule has 0 saturated carbocycles. The number of amides is 2. The van der Waals surface area contributed by atoms with E-state index in [4.69, 9.17) is 5.14 Å². The first-order valence-electron chi connectivity index (χ1n) is 8.41. The molecule has 0 bridgehead atoms. The lowest BCUT2D eigenvalue weighted by Crippen LogP contribution is -2.60. The van der Waals surface area contributed by atoms with Crippen LogP contribution < -0.4 is 10.5 Å². The van der Waals surface area contributed by atoms with Gasteiger partial charge < -0.3 is 10.2 Å². The van der Waals surface area contributed by atoms with Gasteiger partial charge in [-0.15, -0.1) is 0 Å². The zero-order valence-electron chi connectivity index (χ0n) is 14.5. The van der Waals surface area contributed by atoms with Gasteiger partial charge in [-0.3, -0.25) is 9.59 Å². The van der Waals surface area contributed by atoms with Crippen molar-refractivity contribution in [3.05, 3.63) is 28.8 Å². The summed E-state index contributed by atoms with van der Waals surface area (Å²) in [6.45, 7) is 4.52. The first kappa shape index (κ1) is 17.9. The van der Waals surface area contributed by atoms with Crippen molar-refractivity contribution in [1.82, 2.24) is 10.2 Å². The molecule has 2 aliphatic rings. The molecule has 1 aromatic rings. The van der Waals surface area contributed by atoms with Crippen molar-refractivity contribution in [2.75, 3.05) is 13.1 Å². The second kappa shape index (κ2) is 6.10. The first-order valence-corrected chi connectivity index (χ1v) is 9.96. The monoisotopic (exact) mass is 365 g/mol. The lowest BCUT2D eigenvalue weighted by Gasteiger charge is -2.40. The summed E-state index contributed by atoms with van der Waals surface area (Å²) >= 11 is 0. The standard InChI is InChI=1S/C17H23N3O4S/c1-11-9-13(10-14(12(11)2)25(18,23)24)15(21)20-8-4-6-17(20)5-3-7-19-16(17)22/h9-10H,3-8H2,1-2H3,(H,19,22)(H2,18,23,24). The predicted octanol–water partition coefficient (Wildman–Crippen LogP) is 0.836. The third-order valence-corrected chi connectivity index (χ3v) is 6.42.